The summed E-state index contributed by atoms with van der Waals surface area (Å²) in [6.45, 7) is 0.415. The maximum absolute atomic E-state index is 12.2. The fraction of sp³-hybridized carbons (Fsp3) is 0.125. The zero-order valence-corrected chi connectivity index (χ0v) is 16.4. The van der Waals surface area contributed by atoms with Gasteiger partial charge in [0.25, 0.3) is 0 Å². The molecule has 0 radical (unpaired) electrons. The van der Waals surface area contributed by atoms with E-state index in [4.69, 9.17) is 14.2 Å². The summed E-state index contributed by atoms with van der Waals surface area (Å²) in [7, 11) is 1.32. The second-order valence-corrected chi connectivity index (χ2v) is 6.43. The van der Waals surface area contributed by atoms with Crippen LogP contribution in [0.25, 0.3) is 0 Å². The quantitative estimate of drug-likeness (QED) is 0.392. The highest BCUT2D eigenvalue weighted by Crippen LogP contribution is 2.20. The van der Waals surface area contributed by atoms with Crippen molar-refractivity contribution in [3.05, 3.63) is 94.5 Å². The van der Waals surface area contributed by atoms with Crippen molar-refractivity contribution in [3.8, 4) is 11.5 Å². The molecule has 0 heterocycles. The van der Waals surface area contributed by atoms with Crippen molar-refractivity contribution < 1.29 is 28.6 Å². The van der Waals surface area contributed by atoms with Crippen molar-refractivity contribution in [3.63, 3.8) is 0 Å². The van der Waals surface area contributed by atoms with Crippen LogP contribution < -0.4 is 9.47 Å². The summed E-state index contributed by atoms with van der Waals surface area (Å²) in [5, 5.41) is 0. The number of hydrogen-bond acceptors (Lipinski definition) is 6. The number of carbonyl (C=O) groups excluding carboxylic acids is 3. The van der Waals surface area contributed by atoms with Crippen molar-refractivity contribution >= 4 is 18.5 Å². The largest absolute Gasteiger partial charge is 0.489 e. The Bertz CT molecular complexity index is 1020. The van der Waals surface area contributed by atoms with Crippen LogP contribution in [0.5, 0.6) is 11.5 Å². The minimum absolute atomic E-state index is 0.166. The van der Waals surface area contributed by atoms with Crippen LogP contribution in [-0.4, -0.2) is 25.7 Å². The minimum atomic E-state index is -0.470. The first-order valence-corrected chi connectivity index (χ1v) is 9.19. The van der Waals surface area contributed by atoms with Gasteiger partial charge in [-0.15, -0.1) is 0 Å². The van der Waals surface area contributed by atoms with Gasteiger partial charge in [-0.25, -0.2) is 4.79 Å². The standard InChI is InChI=1S/C24H20O6/c1-28-24(27)23-12-19(15-29-21-8-3-17(13-25)4-9-21)2-7-20(23)16-30-22-10-5-18(14-26)6-11-22/h2-14H,15-16H2,1H3. The van der Waals surface area contributed by atoms with Crippen LogP contribution in [0.2, 0.25) is 0 Å². The smallest absolute Gasteiger partial charge is 0.338 e. The topological polar surface area (TPSA) is 78.9 Å². The monoisotopic (exact) mass is 404 g/mol. The van der Waals surface area contributed by atoms with Crippen LogP contribution in [0, 0.1) is 0 Å². The minimum Gasteiger partial charge on any atom is -0.489 e. The van der Waals surface area contributed by atoms with E-state index in [1.807, 2.05) is 6.07 Å². The third-order valence-corrected chi connectivity index (χ3v) is 4.41. The van der Waals surface area contributed by atoms with Crippen LogP contribution in [0.3, 0.4) is 0 Å². The first-order chi connectivity index (χ1) is 14.6. The molecule has 3 aromatic rings. The summed E-state index contributed by atoms with van der Waals surface area (Å²) < 4.78 is 16.4. The molecular formula is C24H20O6. The van der Waals surface area contributed by atoms with E-state index in [0.717, 1.165) is 18.1 Å². The molecule has 6 heteroatoms. The Balaban J connectivity index is 1.71. The zero-order chi connectivity index (χ0) is 21.3. The van der Waals surface area contributed by atoms with Gasteiger partial charge in [-0.2, -0.15) is 0 Å². The van der Waals surface area contributed by atoms with Crippen LogP contribution in [0.15, 0.2) is 66.7 Å². The fourth-order valence-electron chi connectivity index (χ4n) is 2.75. The molecule has 0 bridgehead atoms. The highest BCUT2D eigenvalue weighted by atomic mass is 16.5. The fourth-order valence-corrected chi connectivity index (χ4v) is 2.75. The molecule has 0 aliphatic rings. The average molecular weight is 404 g/mol. The number of hydrogen-bond donors (Lipinski definition) is 0. The lowest BCUT2D eigenvalue weighted by molar-refractivity contribution is 0.0597. The number of esters is 1. The van der Waals surface area contributed by atoms with Gasteiger partial charge in [-0.1, -0.05) is 12.1 Å². The summed E-state index contributed by atoms with van der Waals surface area (Å²) >= 11 is 0. The molecule has 0 spiro atoms. The number of benzene rings is 3. The Hall–Kier alpha value is -3.93. The van der Waals surface area contributed by atoms with Crippen LogP contribution in [-0.2, 0) is 18.0 Å². The van der Waals surface area contributed by atoms with E-state index in [2.05, 4.69) is 0 Å². The van der Waals surface area contributed by atoms with Crippen LogP contribution >= 0.6 is 0 Å². The van der Waals surface area contributed by atoms with Crippen molar-refractivity contribution in [1.82, 2.24) is 0 Å². The SMILES string of the molecule is COC(=O)c1cc(COc2ccc(C=O)cc2)ccc1COc1ccc(C=O)cc1. The van der Waals surface area contributed by atoms with Crippen molar-refractivity contribution in [2.75, 3.05) is 7.11 Å². The lowest BCUT2D eigenvalue weighted by Gasteiger charge is -2.13. The second-order valence-electron chi connectivity index (χ2n) is 6.43. The van der Waals surface area contributed by atoms with Gasteiger partial charge >= 0.3 is 5.97 Å². The van der Waals surface area contributed by atoms with Gasteiger partial charge < -0.3 is 14.2 Å². The molecule has 3 rings (SSSR count). The molecule has 0 unspecified atom stereocenters. The normalized spacial score (nSPS) is 10.2. The Morgan fingerprint density at radius 2 is 1.30 bits per heavy atom. The Morgan fingerprint density at radius 1 is 0.767 bits per heavy atom. The predicted molar refractivity (Wildman–Crippen MR) is 110 cm³/mol. The summed E-state index contributed by atoms with van der Waals surface area (Å²) in [5.74, 6) is 0.732. The lowest BCUT2D eigenvalue weighted by atomic mass is 10.0. The van der Waals surface area contributed by atoms with E-state index in [1.54, 1.807) is 60.7 Å². The predicted octanol–water partition coefficient (Wildman–Crippen LogP) is 4.26. The molecule has 0 atom stereocenters. The molecule has 0 amide bonds. The zero-order valence-electron chi connectivity index (χ0n) is 16.4. The highest BCUT2D eigenvalue weighted by Gasteiger charge is 2.14. The number of methoxy groups -OCH3 is 1. The van der Waals surface area contributed by atoms with Crippen molar-refractivity contribution in [2.45, 2.75) is 13.2 Å². The molecule has 30 heavy (non-hydrogen) atoms. The molecular weight excluding hydrogens is 384 g/mol. The molecule has 0 fully saturated rings. The van der Waals surface area contributed by atoms with Gasteiger partial charge in [0.15, 0.2) is 0 Å². The lowest BCUT2D eigenvalue weighted by Crippen LogP contribution is -2.09. The van der Waals surface area contributed by atoms with Gasteiger partial charge in [0.05, 0.1) is 12.7 Å². The van der Waals surface area contributed by atoms with Gasteiger partial charge in [0.2, 0.25) is 0 Å². The molecule has 152 valence electrons. The van der Waals surface area contributed by atoms with Gasteiger partial charge in [-0.3, -0.25) is 9.59 Å². The van der Waals surface area contributed by atoms with E-state index < -0.39 is 5.97 Å². The van der Waals surface area contributed by atoms with Crippen LogP contribution in [0.1, 0.15) is 42.2 Å². The molecule has 0 aliphatic heterocycles. The molecule has 6 nitrogen and oxygen atoms in total. The Kier molecular flexibility index (Phi) is 6.95. The van der Waals surface area contributed by atoms with Crippen molar-refractivity contribution in [1.29, 1.82) is 0 Å². The average Bonchev–Trinajstić information content (AvgIpc) is 2.81. The first-order valence-electron chi connectivity index (χ1n) is 9.19. The van der Waals surface area contributed by atoms with Crippen LogP contribution in [0.4, 0.5) is 0 Å². The van der Waals surface area contributed by atoms with Gasteiger partial charge in [0.1, 0.15) is 37.3 Å². The summed E-state index contributed by atoms with van der Waals surface area (Å²) in [4.78, 5) is 33.7. The molecule has 0 aromatic heterocycles. The second kappa shape index (κ2) is 10.0. The molecule has 0 saturated carbocycles. The molecule has 0 N–H and O–H groups in total. The maximum atomic E-state index is 12.2. The summed E-state index contributed by atoms with van der Waals surface area (Å²) in [6.07, 6.45) is 1.53. The molecule has 0 aliphatic carbocycles. The summed E-state index contributed by atoms with van der Waals surface area (Å²) in [6, 6.07) is 18.8. The summed E-state index contributed by atoms with van der Waals surface area (Å²) in [5.41, 5.74) is 2.97. The third-order valence-electron chi connectivity index (χ3n) is 4.41. The third kappa shape index (κ3) is 5.32. The number of rotatable bonds is 9. The van der Waals surface area contributed by atoms with Crippen molar-refractivity contribution in [2.24, 2.45) is 0 Å². The maximum Gasteiger partial charge on any atom is 0.338 e. The highest BCUT2D eigenvalue weighted by molar-refractivity contribution is 5.91. The first kappa shape index (κ1) is 20.8. The Morgan fingerprint density at radius 3 is 1.80 bits per heavy atom. The van der Waals surface area contributed by atoms with E-state index in [-0.39, 0.29) is 13.2 Å². The molecule has 0 saturated heterocycles. The molecule has 3 aromatic carbocycles. The number of aldehydes is 2. The number of carbonyl (C=O) groups is 3. The van der Waals surface area contributed by atoms with E-state index in [0.29, 0.717) is 33.8 Å². The van der Waals surface area contributed by atoms with Gasteiger partial charge in [0, 0.05) is 16.7 Å². The van der Waals surface area contributed by atoms with Gasteiger partial charge in [-0.05, 0) is 60.2 Å². The van der Waals surface area contributed by atoms with E-state index >= 15 is 0 Å². The number of ether oxygens (including phenoxy) is 3. The Labute approximate surface area is 174 Å². The van der Waals surface area contributed by atoms with E-state index in [1.165, 1.54) is 7.11 Å². The van der Waals surface area contributed by atoms with E-state index in [9.17, 15) is 14.4 Å².